The molecule has 11 aromatic rings. The summed E-state index contributed by atoms with van der Waals surface area (Å²) in [5.74, 6) is 1.84. The largest absolute Gasteiger partial charge is 0.309 e. The fourth-order valence-electron chi connectivity index (χ4n) is 9.46. The molecule has 5 nitrogen and oxygen atoms in total. The third-order valence-corrected chi connectivity index (χ3v) is 12.4. The van der Waals surface area contributed by atoms with Gasteiger partial charge in [-0.05, 0) is 81.9 Å². The van der Waals surface area contributed by atoms with Gasteiger partial charge in [0.15, 0.2) is 11.6 Å². The van der Waals surface area contributed by atoms with Crippen molar-refractivity contribution in [1.29, 1.82) is 0 Å². The molecule has 0 spiro atoms. The van der Waals surface area contributed by atoms with Crippen LogP contribution >= 0.6 is 0 Å². The van der Waals surface area contributed by atoms with Gasteiger partial charge >= 0.3 is 0 Å². The molecule has 59 heavy (non-hydrogen) atoms. The Morgan fingerprint density at radius 2 is 0.864 bits per heavy atom. The van der Waals surface area contributed by atoms with Gasteiger partial charge in [-0.2, -0.15) is 9.97 Å². The molecule has 0 aliphatic carbocycles. The van der Waals surface area contributed by atoms with E-state index >= 15 is 0 Å². The van der Waals surface area contributed by atoms with Crippen LogP contribution in [0.4, 0.5) is 0 Å². The zero-order chi connectivity index (χ0) is 39.2. The molecule has 3 aromatic heterocycles. The summed E-state index contributed by atoms with van der Waals surface area (Å²) < 4.78 is 4.67. The SMILES string of the molecule is CC1(C)c2ccccc2-n2c3ccccc3c3cc(-c4nc(-c5ccccc5)nc(-n5c6ccc(-c7ccccc7)cc6c6cc(-c7ccccc7)ccc65)n4)cc1c32. The molecule has 0 N–H and O–H groups in total. The Labute approximate surface area is 341 Å². The monoisotopic (exact) mass is 755 g/mol. The van der Waals surface area contributed by atoms with Crippen molar-refractivity contribution in [3.05, 3.63) is 199 Å². The molecule has 12 rings (SSSR count). The normalized spacial score (nSPS) is 13.1. The first kappa shape index (κ1) is 33.5. The number of benzene rings is 8. The number of aromatic nitrogens is 5. The third kappa shape index (κ3) is 5.08. The van der Waals surface area contributed by atoms with Crippen molar-refractivity contribution in [3.8, 4) is 56.7 Å². The summed E-state index contributed by atoms with van der Waals surface area (Å²) in [4.78, 5) is 16.0. The number of para-hydroxylation sites is 2. The molecule has 0 saturated heterocycles. The quantitative estimate of drug-likeness (QED) is 0.176. The Morgan fingerprint density at radius 3 is 1.51 bits per heavy atom. The van der Waals surface area contributed by atoms with E-state index in [1.165, 1.54) is 49.7 Å². The van der Waals surface area contributed by atoms with Gasteiger partial charge in [-0.15, -0.1) is 0 Å². The summed E-state index contributed by atoms with van der Waals surface area (Å²) in [6.45, 7) is 4.68. The molecule has 0 radical (unpaired) electrons. The molecule has 0 bridgehead atoms. The first-order valence-corrected chi connectivity index (χ1v) is 20.2. The smallest absolute Gasteiger partial charge is 0.238 e. The molecule has 0 amide bonds. The van der Waals surface area contributed by atoms with Gasteiger partial charge in [0, 0.05) is 38.1 Å². The van der Waals surface area contributed by atoms with Gasteiger partial charge < -0.3 is 4.57 Å². The molecule has 4 heterocycles. The van der Waals surface area contributed by atoms with Gasteiger partial charge in [0.2, 0.25) is 5.95 Å². The number of nitrogens with zero attached hydrogens (tertiary/aromatic N) is 5. The fourth-order valence-corrected chi connectivity index (χ4v) is 9.46. The second kappa shape index (κ2) is 12.7. The molecule has 1 aliphatic rings. The Kier molecular flexibility index (Phi) is 7.20. The molecule has 278 valence electrons. The molecule has 0 saturated carbocycles. The van der Waals surface area contributed by atoms with Crippen LogP contribution in [0.2, 0.25) is 0 Å². The van der Waals surface area contributed by atoms with Gasteiger partial charge in [-0.25, -0.2) is 4.98 Å². The van der Waals surface area contributed by atoms with Crippen LogP contribution < -0.4 is 0 Å². The van der Waals surface area contributed by atoms with Crippen LogP contribution in [0, 0.1) is 0 Å². The highest BCUT2D eigenvalue weighted by atomic mass is 15.2. The zero-order valence-electron chi connectivity index (χ0n) is 32.6. The number of fused-ring (bicyclic) bond motifs is 8. The van der Waals surface area contributed by atoms with E-state index in [0.717, 1.165) is 44.1 Å². The summed E-state index contributed by atoms with van der Waals surface area (Å²) >= 11 is 0. The third-order valence-electron chi connectivity index (χ3n) is 12.4. The van der Waals surface area contributed by atoms with Gasteiger partial charge in [0.1, 0.15) is 0 Å². The van der Waals surface area contributed by atoms with E-state index in [9.17, 15) is 0 Å². The van der Waals surface area contributed by atoms with E-state index in [2.05, 4.69) is 193 Å². The molecule has 0 atom stereocenters. The second-order valence-electron chi connectivity index (χ2n) is 16.1. The van der Waals surface area contributed by atoms with Crippen molar-refractivity contribution in [1.82, 2.24) is 24.1 Å². The van der Waals surface area contributed by atoms with Crippen LogP contribution in [0.1, 0.15) is 25.0 Å². The van der Waals surface area contributed by atoms with Crippen LogP contribution in [0.3, 0.4) is 0 Å². The van der Waals surface area contributed by atoms with Gasteiger partial charge in [0.25, 0.3) is 0 Å². The maximum absolute atomic E-state index is 5.45. The zero-order valence-corrected chi connectivity index (χ0v) is 32.6. The van der Waals surface area contributed by atoms with Gasteiger partial charge in [-0.1, -0.05) is 153 Å². The van der Waals surface area contributed by atoms with E-state index in [1.54, 1.807) is 0 Å². The number of rotatable bonds is 5. The second-order valence-corrected chi connectivity index (χ2v) is 16.1. The van der Waals surface area contributed by atoms with E-state index in [1.807, 2.05) is 18.2 Å². The summed E-state index contributed by atoms with van der Waals surface area (Å²) in [5, 5.41) is 4.68. The lowest BCUT2D eigenvalue weighted by atomic mass is 9.74. The van der Waals surface area contributed by atoms with Crippen LogP contribution in [-0.2, 0) is 5.41 Å². The van der Waals surface area contributed by atoms with Crippen LogP contribution in [-0.4, -0.2) is 24.1 Å². The maximum atomic E-state index is 5.45. The minimum atomic E-state index is -0.271. The topological polar surface area (TPSA) is 48.5 Å². The first-order valence-electron chi connectivity index (χ1n) is 20.2. The molecule has 5 heteroatoms. The molecule has 1 aliphatic heterocycles. The van der Waals surface area contributed by atoms with Crippen LogP contribution in [0.25, 0.3) is 100 Å². The van der Waals surface area contributed by atoms with Crippen LogP contribution in [0.15, 0.2) is 188 Å². The van der Waals surface area contributed by atoms with E-state index < -0.39 is 0 Å². The summed E-state index contributed by atoms with van der Waals surface area (Å²) in [7, 11) is 0. The lowest BCUT2D eigenvalue weighted by molar-refractivity contribution is 0.630. The predicted octanol–water partition coefficient (Wildman–Crippen LogP) is 13.4. The molecule has 8 aromatic carbocycles. The molecular formula is C54H37N5. The van der Waals surface area contributed by atoms with Crippen molar-refractivity contribution >= 4 is 43.6 Å². The van der Waals surface area contributed by atoms with Crippen molar-refractivity contribution in [2.24, 2.45) is 0 Å². The minimum Gasteiger partial charge on any atom is -0.309 e. The highest BCUT2D eigenvalue weighted by Crippen LogP contribution is 2.49. The van der Waals surface area contributed by atoms with E-state index in [-0.39, 0.29) is 5.41 Å². The Balaban J connectivity index is 1.15. The standard InChI is InChI=1S/C54H37N5/c1-54(2)44-23-13-15-25-49(44)58-46-24-14-12-22-40(46)43-32-39(33-45(54)50(43)58)52-55-51(36-20-10-5-11-21-36)56-53(57-52)59-47-28-26-37(34-16-6-3-7-17-34)30-41(47)42-31-38(27-29-48(42)59)35-18-8-4-9-19-35/h3-33H,1-2H3. The lowest BCUT2D eigenvalue weighted by Gasteiger charge is -2.35. The van der Waals surface area contributed by atoms with E-state index in [4.69, 9.17) is 15.0 Å². The average Bonchev–Trinajstić information content (AvgIpc) is 3.81. The Hall–Kier alpha value is -7.63. The highest BCUT2D eigenvalue weighted by Gasteiger charge is 2.36. The van der Waals surface area contributed by atoms with Crippen molar-refractivity contribution < 1.29 is 0 Å². The highest BCUT2D eigenvalue weighted by molar-refractivity contribution is 6.13. The van der Waals surface area contributed by atoms with Crippen molar-refractivity contribution in [2.75, 3.05) is 0 Å². The average molecular weight is 756 g/mol. The van der Waals surface area contributed by atoms with Gasteiger partial charge in [0.05, 0.1) is 27.8 Å². The minimum absolute atomic E-state index is 0.271. The maximum Gasteiger partial charge on any atom is 0.238 e. The van der Waals surface area contributed by atoms with Crippen LogP contribution in [0.5, 0.6) is 0 Å². The summed E-state index contributed by atoms with van der Waals surface area (Å²) in [6.07, 6.45) is 0. The Bertz CT molecular complexity index is 3350. The van der Waals surface area contributed by atoms with E-state index in [0.29, 0.717) is 17.6 Å². The molecular weight excluding hydrogens is 719 g/mol. The van der Waals surface area contributed by atoms with Gasteiger partial charge in [-0.3, -0.25) is 4.57 Å². The number of hydrogen-bond donors (Lipinski definition) is 0. The summed E-state index contributed by atoms with van der Waals surface area (Å²) in [6, 6.07) is 67.1. The first-order chi connectivity index (χ1) is 29.0. The predicted molar refractivity (Wildman–Crippen MR) is 242 cm³/mol. The molecule has 0 unspecified atom stereocenters. The lowest BCUT2D eigenvalue weighted by Crippen LogP contribution is -2.26. The molecule has 0 fully saturated rings. The van der Waals surface area contributed by atoms with Crippen molar-refractivity contribution in [2.45, 2.75) is 19.3 Å². The fraction of sp³-hybridized carbons (Fsp3) is 0.0556. The summed E-state index contributed by atoms with van der Waals surface area (Å²) in [5.41, 5.74) is 14.6. The number of hydrogen-bond acceptors (Lipinski definition) is 3. The van der Waals surface area contributed by atoms with Crippen molar-refractivity contribution in [3.63, 3.8) is 0 Å². The Morgan fingerprint density at radius 1 is 0.356 bits per heavy atom.